The van der Waals surface area contributed by atoms with Gasteiger partial charge in [0.2, 0.25) is 11.8 Å². The number of alkyl halides is 2. The summed E-state index contributed by atoms with van der Waals surface area (Å²) in [6, 6.07) is 14.1. The van der Waals surface area contributed by atoms with Crippen molar-refractivity contribution in [1.82, 2.24) is 40.8 Å². The molecule has 338 valence electrons. The normalized spacial score (nSPS) is 17.7. The molecule has 5 aromatic rings. The van der Waals surface area contributed by atoms with Crippen LogP contribution in [-0.4, -0.2) is 101 Å². The Labute approximate surface area is 369 Å². The summed E-state index contributed by atoms with van der Waals surface area (Å²) in [5, 5.41) is 8.20. The summed E-state index contributed by atoms with van der Waals surface area (Å²) in [7, 11) is 2.53. The Morgan fingerprint density at radius 1 is 0.875 bits per heavy atom. The number of carbonyl (C=O) groups excluding carboxylic acids is 4. The lowest BCUT2D eigenvalue weighted by molar-refractivity contribution is -0.136. The molecule has 64 heavy (non-hydrogen) atoms. The molecule has 4 heterocycles. The lowest BCUT2D eigenvalue weighted by Gasteiger charge is -2.34. The number of rotatable bonds is 14. The van der Waals surface area contributed by atoms with E-state index in [1.807, 2.05) is 44.2 Å². The molecular formula is C47H54F2N8O7. The highest BCUT2D eigenvalue weighted by atomic mass is 19.3. The SMILES string of the molecule is COC(=O)N[C@H](C(=O)NCCCCc1ncc(-c2ccc3c(c2)C(F)(F)c2cc(-c4ccc5nc([C@@H]6CCCN6C(=O)[C@@H](NC(=O)OC)C6CCOCC6)[nH]c5c4)ccc2-3)[nH]1)C(C)C. The topological polar surface area (TPSA) is 193 Å². The number of methoxy groups -OCH3 is 2. The van der Waals surface area contributed by atoms with Gasteiger partial charge in [-0.2, -0.15) is 8.78 Å². The fourth-order valence-electron chi connectivity index (χ4n) is 9.14. The van der Waals surface area contributed by atoms with Gasteiger partial charge in [-0.25, -0.2) is 19.6 Å². The molecule has 0 spiro atoms. The molecule has 0 bridgehead atoms. The predicted molar refractivity (Wildman–Crippen MR) is 234 cm³/mol. The van der Waals surface area contributed by atoms with E-state index in [0.717, 1.165) is 17.5 Å². The van der Waals surface area contributed by atoms with Crippen molar-refractivity contribution in [2.24, 2.45) is 11.8 Å². The average molecular weight is 881 g/mol. The van der Waals surface area contributed by atoms with Gasteiger partial charge in [-0.1, -0.05) is 44.2 Å². The van der Waals surface area contributed by atoms with Gasteiger partial charge in [-0.3, -0.25) is 9.59 Å². The number of hydrogen-bond acceptors (Lipinski definition) is 9. The minimum absolute atomic E-state index is 0.0690. The molecule has 5 N–H and O–H groups in total. The first-order valence-electron chi connectivity index (χ1n) is 21.9. The van der Waals surface area contributed by atoms with Gasteiger partial charge in [0.25, 0.3) is 5.92 Å². The second kappa shape index (κ2) is 18.8. The lowest BCUT2D eigenvalue weighted by atomic mass is 9.90. The van der Waals surface area contributed by atoms with Crippen molar-refractivity contribution < 1.29 is 42.2 Å². The average Bonchev–Trinajstić information content (AvgIpc) is 4.12. The number of nitrogens with one attached hydrogen (secondary N) is 5. The number of halogens is 2. The highest BCUT2D eigenvalue weighted by molar-refractivity contribution is 5.89. The zero-order chi connectivity index (χ0) is 45.1. The van der Waals surface area contributed by atoms with Gasteiger partial charge < -0.3 is 45.0 Å². The number of aromatic amines is 2. The second-order valence-corrected chi connectivity index (χ2v) is 17.1. The number of aryl methyl sites for hydroxylation is 1. The van der Waals surface area contributed by atoms with Crippen molar-refractivity contribution in [2.45, 2.75) is 82.8 Å². The maximum atomic E-state index is 16.4. The van der Waals surface area contributed by atoms with Crippen LogP contribution in [0.15, 0.2) is 60.8 Å². The largest absolute Gasteiger partial charge is 0.453 e. The number of benzene rings is 3. The van der Waals surface area contributed by atoms with Crippen LogP contribution >= 0.6 is 0 Å². The van der Waals surface area contributed by atoms with Crippen molar-refractivity contribution >= 4 is 35.0 Å². The van der Waals surface area contributed by atoms with Crippen LogP contribution in [0.5, 0.6) is 0 Å². The maximum absolute atomic E-state index is 16.4. The number of nitrogens with zero attached hydrogens (tertiary/aromatic N) is 3. The summed E-state index contributed by atoms with van der Waals surface area (Å²) in [5.41, 5.74) is 4.81. The maximum Gasteiger partial charge on any atom is 0.407 e. The minimum atomic E-state index is -3.25. The van der Waals surface area contributed by atoms with Gasteiger partial charge in [0.1, 0.15) is 23.7 Å². The number of imidazole rings is 2. The molecule has 3 aromatic carbocycles. The van der Waals surface area contributed by atoms with Gasteiger partial charge in [0.05, 0.1) is 43.2 Å². The fourth-order valence-corrected chi connectivity index (χ4v) is 9.14. The summed E-state index contributed by atoms with van der Waals surface area (Å²) in [6.07, 6.45) is 5.08. The Morgan fingerprint density at radius 2 is 1.55 bits per heavy atom. The molecule has 17 heteroatoms. The van der Waals surface area contributed by atoms with Gasteiger partial charge in [0.15, 0.2) is 0 Å². The van der Waals surface area contributed by atoms with Crippen molar-refractivity contribution in [3.63, 3.8) is 0 Å². The molecule has 0 radical (unpaired) electrons. The Morgan fingerprint density at radius 3 is 2.27 bits per heavy atom. The second-order valence-electron chi connectivity index (χ2n) is 17.1. The zero-order valence-corrected chi connectivity index (χ0v) is 36.4. The molecular weight excluding hydrogens is 827 g/mol. The molecule has 2 saturated heterocycles. The molecule has 15 nitrogen and oxygen atoms in total. The molecule has 3 aliphatic rings. The first-order chi connectivity index (χ1) is 30.9. The zero-order valence-electron chi connectivity index (χ0n) is 36.4. The van der Waals surface area contributed by atoms with Crippen molar-refractivity contribution in [3.05, 3.63) is 83.6 Å². The Kier molecular flexibility index (Phi) is 13.0. The quantitative estimate of drug-likeness (QED) is 0.0709. The van der Waals surface area contributed by atoms with Crippen LogP contribution in [-0.2, 0) is 36.1 Å². The summed E-state index contributed by atoms with van der Waals surface area (Å²) in [5.74, 6) is -2.58. The van der Waals surface area contributed by atoms with E-state index in [1.165, 1.54) is 20.3 Å². The molecule has 2 aromatic heterocycles. The summed E-state index contributed by atoms with van der Waals surface area (Å²) < 4.78 is 47.9. The molecule has 0 unspecified atom stereocenters. The van der Waals surface area contributed by atoms with Gasteiger partial charge in [-0.05, 0) is 96.9 Å². The van der Waals surface area contributed by atoms with Gasteiger partial charge >= 0.3 is 12.2 Å². The number of hydrogen-bond donors (Lipinski definition) is 5. The van der Waals surface area contributed by atoms with Crippen molar-refractivity contribution in [3.8, 4) is 33.5 Å². The summed E-state index contributed by atoms with van der Waals surface area (Å²) in [6.45, 7) is 5.65. The van der Waals surface area contributed by atoms with E-state index >= 15 is 8.78 Å². The summed E-state index contributed by atoms with van der Waals surface area (Å²) in [4.78, 5) is 68.5. The van der Waals surface area contributed by atoms with Crippen LogP contribution < -0.4 is 16.0 Å². The molecule has 1 aliphatic carbocycles. The van der Waals surface area contributed by atoms with E-state index < -0.39 is 30.2 Å². The molecule has 0 saturated carbocycles. The van der Waals surface area contributed by atoms with Crippen molar-refractivity contribution in [1.29, 1.82) is 0 Å². The monoisotopic (exact) mass is 880 g/mol. The third-order valence-corrected chi connectivity index (χ3v) is 12.6. The van der Waals surface area contributed by atoms with Gasteiger partial charge in [0, 0.05) is 49.4 Å². The Balaban J connectivity index is 0.928. The number of unbranched alkanes of at least 4 members (excludes halogenated alkanes) is 1. The number of ether oxygens (including phenoxy) is 3. The van der Waals surface area contributed by atoms with E-state index in [9.17, 15) is 19.2 Å². The van der Waals surface area contributed by atoms with E-state index in [2.05, 4.69) is 35.6 Å². The van der Waals surface area contributed by atoms with E-state index in [1.54, 1.807) is 29.3 Å². The first kappa shape index (κ1) is 44.3. The first-order valence-corrected chi connectivity index (χ1v) is 21.9. The molecule has 4 amide bonds. The number of amides is 4. The van der Waals surface area contributed by atoms with E-state index in [4.69, 9.17) is 14.5 Å². The van der Waals surface area contributed by atoms with Crippen LogP contribution in [0.3, 0.4) is 0 Å². The van der Waals surface area contributed by atoms with Crippen LogP contribution in [0.25, 0.3) is 44.5 Å². The smallest absolute Gasteiger partial charge is 0.407 e. The predicted octanol–water partition coefficient (Wildman–Crippen LogP) is 7.37. The third-order valence-electron chi connectivity index (χ3n) is 12.6. The fraction of sp³-hybridized carbons (Fsp3) is 0.447. The van der Waals surface area contributed by atoms with E-state index in [-0.39, 0.29) is 40.8 Å². The van der Waals surface area contributed by atoms with Crippen LogP contribution in [0.1, 0.15) is 81.2 Å². The van der Waals surface area contributed by atoms with Crippen LogP contribution in [0.2, 0.25) is 0 Å². The van der Waals surface area contributed by atoms with Gasteiger partial charge in [-0.15, -0.1) is 0 Å². The number of alkyl carbamates (subject to hydrolysis) is 2. The number of carbonyl (C=O) groups is 4. The summed E-state index contributed by atoms with van der Waals surface area (Å²) >= 11 is 0. The highest BCUT2D eigenvalue weighted by Crippen LogP contribution is 2.52. The molecule has 8 rings (SSSR count). The Hall–Kier alpha value is -6.36. The highest BCUT2D eigenvalue weighted by Gasteiger charge is 2.45. The Bertz CT molecular complexity index is 2530. The van der Waals surface area contributed by atoms with Crippen molar-refractivity contribution in [2.75, 3.05) is 40.5 Å². The number of H-pyrrole nitrogens is 2. The molecule has 2 aliphatic heterocycles. The number of likely N-dealkylation sites (tertiary alicyclic amines) is 1. The standard InChI is InChI=1S/C47H54F2N8O7/c1-26(2)40(55-45(60)62-3)43(58)50-18-6-5-9-39-51-25-37(52-39)30-11-14-32-31-13-10-28(22-33(31)47(48,49)34(32)23-30)29-12-15-35-36(24-29)54-42(53-35)38-8-7-19-57(38)44(59)41(56-46(61)63-4)27-16-20-64-21-17-27/h10-15,22-27,38,40-41H,5-9,16-21H2,1-4H3,(H,50,58)(H,51,52)(H,53,54)(H,55,60)(H,56,61)/t38-,40-,41-/m0/s1. The number of fused-ring (bicyclic) bond motifs is 4. The molecule has 2 fully saturated rings. The van der Waals surface area contributed by atoms with Crippen LogP contribution in [0.4, 0.5) is 18.4 Å². The number of aromatic nitrogens is 4. The lowest BCUT2D eigenvalue weighted by Crippen LogP contribution is -2.53. The molecule has 3 atom stereocenters. The van der Waals surface area contributed by atoms with Crippen LogP contribution in [0, 0.1) is 11.8 Å². The van der Waals surface area contributed by atoms with E-state index in [0.29, 0.717) is 110 Å². The third kappa shape index (κ3) is 9.03. The minimum Gasteiger partial charge on any atom is -0.453 e.